The average molecular weight is 505 g/mol. The second kappa shape index (κ2) is 8.81. The number of hydrogen-bond donors (Lipinski definition) is 0. The molecule has 0 aliphatic heterocycles. The van der Waals surface area contributed by atoms with Crippen molar-refractivity contribution in [1.29, 1.82) is 0 Å². The predicted molar refractivity (Wildman–Crippen MR) is 158 cm³/mol. The Morgan fingerprint density at radius 3 is 2.59 bits per heavy atom. The third-order valence-corrected chi connectivity index (χ3v) is 8.18. The maximum Gasteiger partial charge on any atom is 0.227 e. The zero-order valence-corrected chi connectivity index (χ0v) is 23.2. The van der Waals surface area contributed by atoms with Gasteiger partial charge in [-0.05, 0) is 99.0 Å². The third-order valence-electron chi connectivity index (χ3n) is 7.18. The smallest absolute Gasteiger partial charge is 0.227 e. The van der Waals surface area contributed by atoms with E-state index in [0.717, 1.165) is 28.6 Å². The first-order valence-electron chi connectivity index (χ1n) is 13.0. The summed E-state index contributed by atoms with van der Waals surface area (Å²) in [7, 11) is 0. The second-order valence-corrected chi connectivity index (χ2v) is 12.5. The summed E-state index contributed by atoms with van der Waals surface area (Å²) in [5.74, 6) is 0.643. The van der Waals surface area contributed by atoms with Crippen molar-refractivity contribution in [3.05, 3.63) is 83.2 Å². The number of hydrogen-bond acceptors (Lipinski definition) is 4. The van der Waals surface area contributed by atoms with E-state index in [9.17, 15) is 0 Å². The van der Waals surface area contributed by atoms with Gasteiger partial charge in [0, 0.05) is 28.0 Å². The molecule has 0 aliphatic rings. The normalized spacial score (nSPS) is 12.4. The number of pyridine rings is 2. The molecule has 0 bridgehead atoms. The Bertz CT molecular complexity index is 1780. The minimum atomic E-state index is -0.0244. The average Bonchev–Trinajstić information content (AvgIpc) is 3.44. The topological polar surface area (TPSA) is 38.9 Å². The Morgan fingerprint density at radius 2 is 1.81 bits per heavy atom. The Morgan fingerprint density at radius 1 is 0.973 bits per heavy atom. The van der Waals surface area contributed by atoms with Crippen molar-refractivity contribution in [1.82, 2.24) is 9.97 Å². The Hall–Kier alpha value is -3.50. The number of fused-ring (bicyclic) bond motifs is 3. The highest BCUT2D eigenvalue weighted by Gasteiger charge is 2.21. The summed E-state index contributed by atoms with van der Waals surface area (Å²) in [6.07, 6.45) is 6.77. The van der Waals surface area contributed by atoms with E-state index in [-0.39, 0.29) is 5.41 Å². The zero-order valence-electron chi connectivity index (χ0n) is 22.3. The number of benzene rings is 2. The fraction of sp³-hybridized carbons (Fsp3) is 0.273. The Balaban J connectivity index is 1.57. The lowest BCUT2D eigenvalue weighted by atomic mass is 9.82. The molecule has 0 aliphatic carbocycles. The number of rotatable bonds is 4. The summed E-state index contributed by atoms with van der Waals surface area (Å²) >= 11 is 1.84. The number of nitrogens with zero attached hydrogens (tertiary/aromatic N) is 2. The summed E-state index contributed by atoms with van der Waals surface area (Å²) in [5, 5.41) is 7.14. The van der Waals surface area contributed by atoms with Crippen LogP contribution in [0.5, 0.6) is 0 Å². The molecule has 4 aromatic heterocycles. The molecule has 0 saturated carbocycles. The molecule has 4 heteroatoms. The van der Waals surface area contributed by atoms with E-state index >= 15 is 0 Å². The Kier molecular flexibility index (Phi) is 5.68. The van der Waals surface area contributed by atoms with Crippen LogP contribution >= 0.6 is 11.3 Å². The van der Waals surface area contributed by atoms with E-state index in [2.05, 4.69) is 94.4 Å². The number of aromatic nitrogens is 2. The van der Waals surface area contributed by atoms with Crippen molar-refractivity contribution in [2.75, 3.05) is 0 Å². The summed E-state index contributed by atoms with van der Waals surface area (Å²) in [6, 6.07) is 15.7. The van der Waals surface area contributed by atoms with Crippen molar-refractivity contribution in [3.63, 3.8) is 0 Å². The van der Waals surface area contributed by atoms with Crippen LogP contribution in [0.2, 0.25) is 0 Å². The van der Waals surface area contributed by atoms with Gasteiger partial charge in [0.05, 0.1) is 17.3 Å². The summed E-state index contributed by atoms with van der Waals surface area (Å²) < 4.78 is 7.30. The number of furan rings is 1. The van der Waals surface area contributed by atoms with Gasteiger partial charge in [-0.2, -0.15) is 0 Å². The number of aryl methyl sites for hydroxylation is 1. The van der Waals surface area contributed by atoms with Gasteiger partial charge in [0.1, 0.15) is 0 Å². The first-order valence-corrected chi connectivity index (χ1v) is 13.8. The van der Waals surface area contributed by atoms with Gasteiger partial charge in [-0.1, -0.05) is 46.8 Å². The minimum absolute atomic E-state index is 0.0244. The van der Waals surface area contributed by atoms with Gasteiger partial charge in [0.25, 0.3) is 0 Å². The van der Waals surface area contributed by atoms with Crippen LogP contribution in [0.25, 0.3) is 54.3 Å². The molecule has 0 amide bonds. The highest BCUT2D eigenvalue weighted by molar-refractivity contribution is 7.17. The van der Waals surface area contributed by atoms with Crippen molar-refractivity contribution >= 4 is 43.3 Å². The van der Waals surface area contributed by atoms with Crippen LogP contribution < -0.4 is 0 Å². The van der Waals surface area contributed by atoms with Gasteiger partial charge < -0.3 is 4.42 Å². The van der Waals surface area contributed by atoms with Crippen LogP contribution in [0.15, 0.2) is 70.9 Å². The Labute approximate surface area is 222 Å². The van der Waals surface area contributed by atoms with E-state index in [4.69, 9.17) is 9.40 Å². The highest BCUT2D eigenvalue weighted by Crippen LogP contribution is 2.40. The third kappa shape index (κ3) is 4.23. The molecule has 3 nitrogen and oxygen atoms in total. The van der Waals surface area contributed by atoms with E-state index < -0.39 is 0 Å². The molecular formula is C33H32N2OS. The SMILES string of the molecule is Cc1coc2nc(-c3cc(C(C)(C)C)c4cnccc4c3)cc(-c3ccc4c(CC(C)C)csc4c3)c12. The monoisotopic (exact) mass is 504 g/mol. The van der Waals surface area contributed by atoms with E-state index in [0.29, 0.717) is 11.6 Å². The van der Waals surface area contributed by atoms with Gasteiger partial charge in [0.2, 0.25) is 5.71 Å². The van der Waals surface area contributed by atoms with Crippen LogP contribution in [0, 0.1) is 12.8 Å². The lowest BCUT2D eigenvalue weighted by Crippen LogP contribution is -2.12. The van der Waals surface area contributed by atoms with Gasteiger partial charge in [-0.15, -0.1) is 11.3 Å². The standard InChI is InChI=1S/C33H32N2OS/c1-19(2)11-24-18-37-30-14-21(7-8-25(24)30)26-15-29(35-32-31(26)20(3)17-36-32)23-12-22-9-10-34-16-27(22)28(13-23)33(4,5)6/h7-10,12-19H,11H2,1-6H3. The molecule has 186 valence electrons. The molecule has 0 unspecified atom stereocenters. The van der Waals surface area contributed by atoms with Crippen LogP contribution in [0.4, 0.5) is 0 Å². The molecule has 0 radical (unpaired) electrons. The lowest BCUT2D eigenvalue weighted by molar-refractivity contribution is 0.596. The maximum atomic E-state index is 5.97. The largest absolute Gasteiger partial charge is 0.446 e. The fourth-order valence-electron chi connectivity index (χ4n) is 5.38. The molecule has 0 fully saturated rings. The van der Waals surface area contributed by atoms with E-state index in [1.807, 2.05) is 30.0 Å². The maximum absolute atomic E-state index is 5.97. The van der Waals surface area contributed by atoms with Crippen molar-refractivity contribution in [2.24, 2.45) is 5.92 Å². The second-order valence-electron chi connectivity index (χ2n) is 11.6. The molecule has 37 heavy (non-hydrogen) atoms. The summed E-state index contributed by atoms with van der Waals surface area (Å²) in [4.78, 5) is 9.40. The molecule has 4 heterocycles. The lowest BCUT2D eigenvalue weighted by Gasteiger charge is -2.22. The first kappa shape index (κ1) is 23.9. The molecule has 0 N–H and O–H groups in total. The molecule has 2 aromatic carbocycles. The molecule has 6 rings (SSSR count). The van der Waals surface area contributed by atoms with Gasteiger partial charge in [0.15, 0.2) is 0 Å². The van der Waals surface area contributed by atoms with Gasteiger partial charge in [-0.3, -0.25) is 4.98 Å². The van der Waals surface area contributed by atoms with Gasteiger partial charge in [-0.25, -0.2) is 4.98 Å². The molecule has 0 saturated heterocycles. The van der Waals surface area contributed by atoms with Crippen LogP contribution in [-0.4, -0.2) is 9.97 Å². The summed E-state index contributed by atoms with van der Waals surface area (Å²) in [5.41, 5.74) is 8.86. The van der Waals surface area contributed by atoms with E-state index in [1.165, 1.54) is 43.1 Å². The van der Waals surface area contributed by atoms with Crippen LogP contribution in [0.1, 0.15) is 51.3 Å². The zero-order chi connectivity index (χ0) is 25.9. The van der Waals surface area contributed by atoms with Crippen LogP contribution in [-0.2, 0) is 11.8 Å². The minimum Gasteiger partial charge on any atom is -0.446 e. The molecule has 0 atom stereocenters. The quantitative estimate of drug-likeness (QED) is 0.240. The highest BCUT2D eigenvalue weighted by atomic mass is 32.1. The number of thiophene rings is 1. The van der Waals surface area contributed by atoms with E-state index in [1.54, 1.807) is 0 Å². The van der Waals surface area contributed by atoms with Crippen molar-refractivity contribution in [2.45, 2.75) is 53.4 Å². The summed E-state index contributed by atoms with van der Waals surface area (Å²) in [6.45, 7) is 13.4. The molecule has 0 spiro atoms. The first-order chi connectivity index (χ1) is 17.7. The fourth-order valence-corrected chi connectivity index (χ4v) is 6.40. The predicted octanol–water partition coefficient (Wildman–Crippen LogP) is 9.73. The molecule has 6 aromatic rings. The molecular weight excluding hydrogens is 472 g/mol. The van der Waals surface area contributed by atoms with Crippen LogP contribution in [0.3, 0.4) is 0 Å². The van der Waals surface area contributed by atoms with Crippen molar-refractivity contribution in [3.8, 4) is 22.4 Å². The van der Waals surface area contributed by atoms with Crippen molar-refractivity contribution < 1.29 is 4.42 Å². The van der Waals surface area contributed by atoms with Gasteiger partial charge >= 0.3 is 0 Å².